The van der Waals surface area contributed by atoms with E-state index in [1.54, 1.807) is 0 Å². The van der Waals surface area contributed by atoms with Crippen LogP contribution in [-0.4, -0.2) is 56.5 Å². The Hall–Kier alpha value is -2.24. The molecule has 0 spiro atoms. The van der Waals surface area contributed by atoms with Crippen molar-refractivity contribution in [2.75, 3.05) is 44.7 Å². The van der Waals surface area contributed by atoms with Crippen molar-refractivity contribution >= 4 is 17.6 Å². The van der Waals surface area contributed by atoms with Crippen LogP contribution in [0.25, 0.3) is 0 Å². The number of nitrogens with zero attached hydrogens (tertiary/aromatic N) is 3. The molecule has 2 rings (SSSR count). The molecule has 1 amide bonds. The van der Waals surface area contributed by atoms with Crippen molar-refractivity contribution in [3.05, 3.63) is 30.3 Å². The number of benzene rings is 1. The summed E-state index contributed by atoms with van der Waals surface area (Å²) < 4.78 is 0. The van der Waals surface area contributed by atoms with E-state index in [1.165, 1.54) is 5.69 Å². The van der Waals surface area contributed by atoms with Gasteiger partial charge < -0.3 is 20.9 Å². The molecule has 1 fully saturated rings. The molecule has 1 aliphatic heterocycles. The fourth-order valence-electron chi connectivity index (χ4n) is 3.59. The zero-order valence-electron chi connectivity index (χ0n) is 16.9. The number of piperidine rings is 1. The van der Waals surface area contributed by atoms with Crippen molar-refractivity contribution in [1.82, 2.24) is 10.2 Å². The average Bonchev–Trinajstić information content (AvgIpc) is 2.67. The number of carbonyl (C=O) groups excluding carboxylic acids is 1. The number of anilines is 1. The molecule has 0 radical (unpaired) electrons. The summed E-state index contributed by atoms with van der Waals surface area (Å²) >= 11 is 0. The molecule has 0 bridgehead atoms. The number of aliphatic imine (C=N–C) groups is 1. The second-order valence-electron chi connectivity index (χ2n) is 7.32. The molecule has 0 saturated carbocycles. The van der Waals surface area contributed by atoms with Crippen LogP contribution >= 0.6 is 0 Å². The van der Waals surface area contributed by atoms with Crippen molar-refractivity contribution in [3.8, 4) is 0 Å². The van der Waals surface area contributed by atoms with E-state index in [9.17, 15) is 4.79 Å². The van der Waals surface area contributed by atoms with Gasteiger partial charge in [-0.2, -0.15) is 0 Å². The van der Waals surface area contributed by atoms with Crippen molar-refractivity contribution in [2.24, 2.45) is 16.6 Å². The summed E-state index contributed by atoms with van der Waals surface area (Å²) in [4.78, 5) is 20.6. The zero-order valence-corrected chi connectivity index (χ0v) is 16.9. The van der Waals surface area contributed by atoms with Gasteiger partial charge in [-0.25, -0.2) is 0 Å². The molecule has 1 saturated heterocycles. The lowest BCUT2D eigenvalue weighted by Gasteiger charge is -2.34. The number of carbonyl (C=O) groups is 1. The van der Waals surface area contributed by atoms with Gasteiger partial charge in [-0.15, -0.1) is 0 Å². The Morgan fingerprint density at radius 2 is 2.11 bits per heavy atom. The quantitative estimate of drug-likeness (QED) is 0.396. The standard InChI is InChI=1S/C21H35N5O/c1-3-23-21(26-15-9-10-18(17-26)16-20(22)27)24-13-7-8-14-25(2)19-11-5-4-6-12-19/h4-6,11-12,18H,3,7-10,13-17H2,1-2H3,(H2,22,27)(H,23,24). The minimum atomic E-state index is -0.202. The van der Waals surface area contributed by atoms with E-state index >= 15 is 0 Å². The van der Waals surface area contributed by atoms with E-state index in [4.69, 9.17) is 10.7 Å². The smallest absolute Gasteiger partial charge is 0.217 e. The SMILES string of the molecule is CCNC(=NCCCCN(C)c1ccccc1)N1CCCC(CC(N)=O)C1. The molecule has 27 heavy (non-hydrogen) atoms. The van der Waals surface area contributed by atoms with E-state index in [-0.39, 0.29) is 5.91 Å². The van der Waals surface area contributed by atoms with Gasteiger partial charge in [0.1, 0.15) is 0 Å². The molecule has 1 unspecified atom stereocenters. The monoisotopic (exact) mass is 373 g/mol. The molecule has 0 aromatic heterocycles. The van der Waals surface area contributed by atoms with Crippen LogP contribution in [0.3, 0.4) is 0 Å². The Labute approximate surface area is 163 Å². The highest BCUT2D eigenvalue weighted by Crippen LogP contribution is 2.19. The summed E-state index contributed by atoms with van der Waals surface area (Å²) in [5.74, 6) is 1.12. The van der Waals surface area contributed by atoms with Gasteiger partial charge >= 0.3 is 0 Å². The lowest BCUT2D eigenvalue weighted by atomic mass is 9.95. The van der Waals surface area contributed by atoms with Crippen molar-refractivity contribution < 1.29 is 4.79 Å². The van der Waals surface area contributed by atoms with Crippen molar-refractivity contribution in [2.45, 2.75) is 39.0 Å². The summed E-state index contributed by atoms with van der Waals surface area (Å²) in [6, 6.07) is 10.5. The predicted molar refractivity (Wildman–Crippen MR) is 113 cm³/mol. The molecule has 1 atom stereocenters. The van der Waals surface area contributed by atoms with Gasteiger partial charge in [0.25, 0.3) is 0 Å². The molecular formula is C21H35N5O. The average molecular weight is 374 g/mol. The molecule has 0 aliphatic carbocycles. The largest absolute Gasteiger partial charge is 0.375 e. The molecule has 1 aliphatic rings. The summed E-state index contributed by atoms with van der Waals surface area (Å²) in [5, 5.41) is 3.40. The van der Waals surface area contributed by atoms with Crippen LogP contribution in [-0.2, 0) is 4.79 Å². The third-order valence-electron chi connectivity index (χ3n) is 5.00. The zero-order chi connectivity index (χ0) is 19.5. The van der Waals surface area contributed by atoms with E-state index < -0.39 is 0 Å². The molecule has 6 heteroatoms. The number of amides is 1. The lowest BCUT2D eigenvalue weighted by Crippen LogP contribution is -2.47. The van der Waals surface area contributed by atoms with Crippen LogP contribution in [0.15, 0.2) is 35.3 Å². The van der Waals surface area contributed by atoms with E-state index in [0.717, 1.165) is 64.4 Å². The Morgan fingerprint density at radius 3 is 2.81 bits per heavy atom. The van der Waals surface area contributed by atoms with Crippen LogP contribution in [0.4, 0.5) is 5.69 Å². The van der Waals surface area contributed by atoms with Crippen LogP contribution in [0, 0.1) is 5.92 Å². The number of unbranched alkanes of at least 4 members (excludes halogenated alkanes) is 1. The Balaban J connectivity index is 1.78. The maximum Gasteiger partial charge on any atom is 0.217 e. The summed E-state index contributed by atoms with van der Waals surface area (Å²) in [6.07, 6.45) is 4.81. The molecule has 1 aromatic carbocycles. The maximum absolute atomic E-state index is 11.2. The highest BCUT2D eigenvalue weighted by molar-refractivity contribution is 5.80. The number of rotatable bonds is 9. The van der Waals surface area contributed by atoms with E-state index in [0.29, 0.717) is 12.3 Å². The minimum absolute atomic E-state index is 0.202. The lowest BCUT2D eigenvalue weighted by molar-refractivity contribution is -0.119. The number of primary amides is 1. The maximum atomic E-state index is 11.2. The van der Waals surface area contributed by atoms with Crippen LogP contribution in [0.5, 0.6) is 0 Å². The van der Waals surface area contributed by atoms with Gasteiger partial charge in [-0.05, 0) is 50.7 Å². The minimum Gasteiger partial charge on any atom is -0.375 e. The third-order valence-corrected chi connectivity index (χ3v) is 5.00. The summed E-state index contributed by atoms with van der Waals surface area (Å²) in [7, 11) is 2.13. The first-order valence-corrected chi connectivity index (χ1v) is 10.2. The van der Waals surface area contributed by atoms with Gasteiger partial charge in [0, 0.05) is 51.9 Å². The predicted octanol–water partition coefficient (Wildman–Crippen LogP) is 2.46. The van der Waals surface area contributed by atoms with Crippen molar-refractivity contribution in [1.29, 1.82) is 0 Å². The molecule has 150 valence electrons. The van der Waals surface area contributed by atoms with Gasteiger partial charge in [-0.1, -0.05) is 18.2 Å². The van der Waals surface area contributed by atoms with Gasteiger partial charge in [-0.3, -0.25) is 9.79 Å². The van der Waals surface area contributed by atoms with Crippen LogP contribution < -0.4 is 16.0 Å². The first kappa shape index (κ1) is 21.1. The fourth-order valence-corrected chi connectivity index (χ4v) is 3.59. The number of guanidine groups is 1. The summed E-state index contributed by atoms with van der Waals surface area (Å²) in [5.41, 5.74) is 6.63. The Morgan fingerprint density at radius 1 is 1.33 bits per heavy atom. The summed E-state index contributed by atoms with van der Waals surface area (Å²) in [6.45, 7) is 6.66. The van der Waals surface area contributed by atoms with Gasteiger partial charge in [0.15, 0.2) is 5.96 Å². The topological polar surface area (TPSA) is 74.0 Å². The van der Waals surface area contributed by atoms with Gasteiger partial charge in [0.2, 0.25) is 5.91 Å². The van der Waals surface area contributed by atoms with Crippen LogP contribution in [0.1, 0.15) is 39.0 Å². The van der Waals surface area contributed by atoms with E-state index in [2.05, 4.69) is 53.4 Å². The van der Waals surface area contributed by atoms with E-state index in [1.807, 2.05) is 6.07 Å². The Bertz CT molecular complexity index is 589. The first-order valence-electron chi connectivity index (χ1n) is 10.2. The molecule has 1 aromatic rings. The van der Waals surface area contributed by atoms with Gasteiger partial charge in [0.05, 0.1) is 0 Å². The number of nitrogens with two attached hydrogens (primary N) is 1. The highest BCUT2D eigenvalue weighted by atomic mass is 16.1. The highest BCUT2D eigenvalue weighted by Gasteiger charge is 2.23. The fraction of sp³-hybridized carbons (Fsp3) is 0.619. The first-order chi connectivity index (χ1) is 13.1. The van der Waals surface area contributed by atoms with Crippen LogP contribution in [0.2, 0.25) is 0 Å². The molecule has 6 nitrogen and oxygen atoms in total. The number of hydrogen-bond donors (Lipinski definition) is 2. The normalized spacial score (nSPS) is 17.6. The molecule has 1 heterocycles. The third kappa shape index (κ3) is 7.49. The number of para-hydroxylation sites is 1. The second kappa shape index (κ2) is 11.5. The number of likely N-dealkylation sites (tertiary alicyclic amines) is 1. The number of hydrogen-bond acceptors (Lipinski definition) is 3. The molecule has 3 N–H and O–H groups in total. The number of nitrogens with one attached hydrogen (secondary N) is 1. The Kier molecular flexibility index (Phi) is 8.95. The molecular weight excluding hydrogens is 338 g/mol. The second-order valence-corrected chi connectivity index (χ2v) is 7.32. The van der Waals surface area contributed by atoms with Crippen molar-refractivity contribution in [3.63, 3.8) is 0 Å².